The number of amides is 3. The molecule has 1 aromatic heterocycles. The van der Waals surface area contributed by atoms with Gasteiger partial charge >= 0.3 is 5.97 Å². The van der Waals surface area contributed by atoms with Gasteiger partial charge in [-0.3, -0.25) is 19.2 Å². The largest absolute Gasteiger partial charge is 0.507 e. The van der Waals surface area contributed by atoms with Crippen molar-refractivity contribution >= 4 is 23.7 Å². The van der Waals surface area contributed by atoms with E-state index in [0.717, 1.165) is 6.92 Å². The molecule has 0 radical (unpaired) electrons. The number of aromatic nitrogens is 1. The second-order valence-corrected chi connectivity index (χ2v) is 10.3. The summed E-state index contributed by atoms with van der Waals surface area (Å²) in [4.78, 5) is 55.4. The number of carbonyl (C=O) groups is 4. The van der Waals surface area contributed by atoms with E-state index in [2.05, 4.69) is 20.9 Å². The third-order valence-electron chi connectivity index (χ3n) is 7.31. The number of nitrogens with one attached hydrogen (secondary N) is 3. The van der Waals surface area contributed by atoms with Gasteiger partial charge in [-0.25, -0.2) is 4.39 Å². The lowest BCUT2D eigenvalue weighted by Gasteiger charge is -2.36. The Hall–Kier alpha value is -4.31. The van der Waals surface area contributed by atoms with Gasteiger partial charge in [0.25, 0.3) is 17.8 Å². The minimum Gasteiger partial charge on any atom is -0.507 e. The maximum Gasteiger partial charge on any atom is 0.312 e. The van der Waals surface area contributed by atoms with Crippen molar-refractivity contribution in [3.8, 4) is 5.75 Å². The van der Waals surface area contributed by atoms with Crippen LogP contribution in [-0.4, -0.2) is 82.4 Å². The number of hydrogen-bond donors (Lipinski definition) is 5. The molecule has 12 nitrogen and oxygen atoms in total. The van der Waals surface area contributed by atoms with Gasteiger partial charge < -0.3 is 35.6 Å². The Morgan fingerprint density at radius 2 is 1.70 bits per heavy atom. The summed E-state index contributed by atoms with van der Waals surface area (Å²) in [5, 5.41) is 28.3. The van der Waals surface area contributed by atoms with Crippen molar-refractivity contribution in [2.75, 3.05) is 13.2 Å². The van der Waals surface area contributed by atoms with Gasteiger partial charge in [-0.15, -0.1) is 0 Å². The van der Waals surface area contributed by atoms with Crippen LogP contribution in [0.4, 0.5) is 17.6 Å². The van der Waals surface area contributed by atoms with E-state index in [4.69, 9.17) is 9.47 Å². The minimum atomic E-state index is -2.10. The topological polar surface area (TPSA) is 176 Å². The molecule has 0 aliphatic carbocycles. The minimum absolute atomic E-state index is 0.0505. The van der Waals surface area contributed by atoms with Crippen LogP contribution in [0.1, 0.15) is 29.8 Å². The molecule has 2 aliphatic heterocycles. The molecule has 0 spiro atoms. The van der Waals surface area contributed by atoms with Crippen molar-refractivity contribution in [3.63, 3.8) is 0 Å². The average molecular weight is 613 g/mol. The van der Waals surface area contributed by atoms with E-state index < -0.39 is 107 Å². The van der Waals surface area contributed by atoms with Crippen LogP contribution in [0.3, 0.4) is 0 Å². The molecule has 6 atom stereocenters. The number of cyclic esters (lactones) is 1. The van der Waals surface area contributed by atoms with Crippen molar-refractivity contribution in [1.29, 1.82) is 0 Å². The molecule has 3 amide bonds. The van der Waals surface area contributed by atoms with E-state index in [-0.39, 0.29) is 18.8 Å². The number of phenolic OH excluding ortho intramolecular Hbond substituents is 1. The molecular weight excluding hydrogens is 584 g/mol. The highest BCUT2D eigenvalue weighted by molar-refractivity contribution is 6.00. The lowest BCUT2D eigenvalue weighted by molar-refractivity contribution is -0.178. The molecule has 2 saturated heterocycles. The number of hydrogen-bond acceptors (Lipinski definition) is 9. The molecule has 2 aromatic rings. The summed E-state index contributed by atoms with van der Waals surface area (Å²) < 4.78 is 66.9. The number of aromatic hydroxyl groups is 1. The number of esters is 1. The quantitative estimate of drug-likeness (QED) is 0.180. The van der Waals surface area contributed by atoms with E-state index in [1.807, 2.05) is 0 Å². The molecule has 2 aliphatic rings. The summed E-state index contributed by atoms with van der Waals surface area (Å²) in [5.74, 6) is -14.4. The van der Waals surface area contributed by atoms with Crippen LogP contribution in [0, 0.1) is 35.4 Å². The summed E-state index contributed by atoms with van der Waals surface area (Å²) in [7, 11) is 0. The highest BCUT2D eigenvalue weighted by atomic mass is 19.2. The number of para-hydroxylation sites is 1. The Morgan fingerprint density at radius 1 is 1.02 bits per heavy atom. The molecule has 43 heavy (non-hydrogen) atoms. The number of halogens is 4. The zero-order valence-corrected chi connectivity index (χ0v) is 22.8. The predicted molar refractivity (Wildman–Crippen MR) is 136 cm³/mol. The van der Waals surface area contributed by atoms with Crippen LogP contribution in [0.5, 0.6) is 5.75 Å². The number of benzene rings is 1. The lowest BCUT2D eigenvalue weighted by atomic mass is 9.91. The second-order valence-electron chi connectivity index (χ2n) is 10.3. The monoisotopic (exact) mass is 612 g/mol. The number of pyridine rings is 1. The third kappa shape index (κ3) is 6.69. The standard InChI is InChI=1S/C27H28F4N4O8/c1-10-20(37)15(7-14-17(28)18(29)23(31)35-22(14)30)33-25(39)19(34-24(38)13-5-3-4-6-16(13)36)11(2)32-26(40)21(43-27(10)41)12-8-42-9-12/h3-6,10-12,15,19-21,36-37H,7-9H2,1-2H3,(H,32,40)(H,33,39)(H,34,38)/t10-,11-,15+,19+,20+,21?/m1/s1. The van der Waals surface area contributed by atoms with Crippen LogP contribution < -0.4 is 16.0 Å². The Morgan fingerprint density at radius 3 is 2.33 bits per heavy atom. The van der Waals surface area contributed by atoms with Gasteiger partial charge in [-0.05, 0) is 26.0 Å². The molecule has 0 saturated carbocycles. The van der Waals surface area contributed by atoms with E-state index in [9.17, 15) is 47.0 Å². The smallest absolute Gasteiger partial charge is 0.312 e. The Kier molecular flexibility index (Phi) is 9.49. The van der Waals surface area contributed by atoms with Crippen molar-refractivity contribution in [3.05, 3.63) is 58.9 Å². The average Bonchev–Trinajstić information content (AvgIpc) is 2.93. The summed E-state index contributed by atoms with van der Waals surface area (Å²) >= 11 is 0. The first kappa shape index (κ1) is 31.6. The fraction of sp³-hybridized carbons (Fsp3) is 0.444. The van der Waals surface area contributed by atoms with E-state index >= 15 is 0 Å². The Balaban J connectivity index is 1.73. The van der Waals surface area contributed by atoms with Crippen LogP contribution in [-0.2, 0) is 30.3 Å². The number of ether oxygens (including phenoxy) is 2. The number of nitrogens with zero attached hydrogens (tertiary/aromatic N) is 1. The Bertz CT molecular complexity index is 1430. The van der Waals surface area contributed by atoms with Gasteiger partial charge in [-0.1, -0.05) is 12.1 Å². The summed E-state index contributed by atoms with van der Waals surface area (Å²) in [6.07, 6.45) is -4.42. The normalized spacial score (nSPS) is 27.1. The van der Waals surface area contributed by atoms with Gasteiger partial charge in [0.05, 0.1) is 48.8 Å². The first-order valence-electron chi connectivity index (χ1n) is 13.1. The van der Waals surface area contributed by atoms with Gasteiger partial charge in [0.2, 0.25) is 17.7 Å². The van der Waals surface area contributed by atoms with Crippen LogP contribution in [0.2, 0.25) is 0 Å². The zero-order valence-electron chi connectivity index (χ0n) is 22.8. The molecular formula is C27H28F4N4O8. The van der Waals surface area contributed by atoms with Gasteiger partial charge in [0.1, 0.15) is 11.8 Å². The van der Waals surface area contributed by atoms with Crippen LogP contribution in [0.15, 0.2) is 24.3 Å². The van der Waals surface area contributed by atoms with Crippen LogP contribution >= 0.6 is 0 Å². The van der Waals surface area contributed by atoms with Gasteiger partial charge in [0, 0.05) is 12.0 Å². The number of rotatable bonds is 5. The third-order valence-corrected chi connectivity index (χ3v) is 7.31. The highest BCUT2D eigenvalue weighted by Gasteiger charge is 2.43. The maximum absolute atomic E-state index is 14.6. The molecule has 4 rings (SSSR count). The van der Waals surface area contributed by atoms with Gasteiger partial charge in [0.15, 0.2) is 11.9 Å². The summed E-state index contributed by atoms with van der Waals surface area (Å²) in [5.41, 5.74) is -1.38. The van der Waals surface area contributed by atoms with Crippen molar-refractivity contribution in [1.82, 2.24) is 20.9 Å². The number of aliphatic hydroxyl groups excluding tert-OH is 1. The fourth-order valence-corrected chi connectivity index (χ4v) is 4.64. The molecule has 3 heterocycles. The van der Waals surface area contributed by atoms with Gasteiger partial charge in [-0.2, -0.15) is 18.2 Å². The van der Waals surface area contributed by atoms with E-state index in [1.54, 1.807) is 0 Å². The molecule has 232 valence electrons. The lowest BCUT2D eigenvalue weighted by Crippen LogP contribution is -2.63. The molecule has 2 fully saturated rings. The number of phenols is 1. The fourth-order valence-electron chi connectivity index (χ4n) is 4.64. The molecule has 1 aromatic carbocycles. The molecule has 1 unspecified atom stereocenters. The molecule has 16 heteroatoms. The highest BCUT2D eigenvalue weighted by Crippen LogP contribution is 2.25. The first-order valence-corrected chi connectivity index (χ1v) is 13.1. The maximum atomic E-state index is 14.6. The predicted octanol–water partition coefficient (Wildman–Crippen LogP) is 0.243. The summed E-state index contributed by atoms with van der Waals surface area (Å²) in [6, 6.07) is 0.707. The number of carbonyl (C=O) groups excluding carboxylic acids is 4. The van der Waals surface area contributed by atoms with E-state index in [1.165, 1.54) is 31.2 Å². The summed E-state index contributed by atoms with van der Waals surface area (Å²) in [6.45, 7) is 2.58. The van der Waals surface area contributed by atoms with Crippen molar-refractivity contribution in [2.24, 2.45) is 11.8 Å². The SMILES string of the molecule is C[C@H]1NC(=O)C(C2COC2)OC(=O)[C@H](C)[C@H](O)[C@H](Cc2c(F)nc(F)c(F)c2F)NC(=O)[C@H]1NC(=O)c1ccccc1O. The second kappa shape index (κ2) is 12.9. The molecule has 0 bridgehead atoms. The first-order chi connectivity index (χ1) is 20.3. The van der Waals surface area contributed by atoms with Crippen LogP contribution in [0.25, 0.3) is 0 Å². The van der Waals surface area contributed by atoms with E-state index in [0.29, 0.717) is 0 Å². The Labute approximate surface area is 241 Å². The van der Waals surface area contributed by atoms with Crippen molar-refractivity contribution in [2.45, 2.75) is 50.6 Å². The van der Waals surface area contributed by atoms with Crippen molar-refractivity contribution < 1.29 is 56.4 Å². The number of aliphatic hydroxyl groups is 1. The molecule has 5 N–H and O–H groups in total. The zero-order chi connectivity index (χ0) is 31.6.